The van der Waals surface area contributed by atoms with E-state index >= 15 is 0 Å². The molecular formula is C18H23N3O2. The summed E-state index contributed by atoms with van der Waals surface area (Å²) in [6.07, 6.45) is 4.21. The Balaban J connectivity index is 1.65. The van der Waals surface area contributed by atoms with E-state index in [0.717, 1.165) is 38.2 Å². The molecule has 0 aliphatic carbocycles. The first-order valence-corrected chi connectivity index (χ1v) is 8.69. The van der Waals surface area contributed by atoms with Crippen LogP contribution in [-0.2, 0) is 4.79 Å². The molecule has 4 rings (SSSR count). The number of hydrogen-bond acceptors (Lipinski definition) is 3. The molecule has 5 heteroatoms. The Morgan fingerprint density at radius 1 is 0.957 bits per heavy atom. The van der Waals surface area contributed by atoms with Crippen LogP contribution in [0.15, 0.2) is 24.3 Å². The number of likely N-dealkylation sites (tertiary alicyclic amines) is 1. The van der Waals surface area contributed by atoms with Crippen LogP contribution in [0, 0.1) is 0 Å². The van der Waals surface area contributed by atoms with E-state index in [4.69, 9.17) is 0 Å². The minimum absolute atomic E-state index is 0.0140. The van der Waals surface area contributed by atoms with Gasteiger partial charge in [-0.25, -0.2) is 0 Å². The van der Waals surface area contributed by atoms with Gasteiger partial charge < -0.3 is 14.7 Å². The zero-order valence-electron chi connectivity index (χ0n) is 13.4. The fourth-order valence-corrected chi connectivity index (χ4v) is 4.09. The van der Waals surface area contributed by atoms with Crippen LogP contribution in [0.1, 0.15) is 36.0 Å². The largest absolute Gasteiger partial charge is 0.327 e. The van der Waals surface area contributed by atoms with E-state index in [1.54, 1.807) is 4.90 Å². The summed E-state index contributed by atoms with van der Waals surface area (Å²) in [6, 6.07) is 7.30. The predicted molar refractivity (Wildman–Crippen MR) is 88.5 cm³/mol. The van der Waals surface area contributed by atoms with Crippen LogP contribution in [0.2, 0.25) is 0 Å². The van der Waals surface area contributed by atoms with Crippen molar-refractivity contribution in [1.29, 1.82) is 0 Å². The fourth-order valence-electron chi connectivity index (χ4n) is 4.09. The lowest BCUT2D eigenvalue weighted by Crippen LogP contribution is -2.46. The van der Waals surface area contributed by atoms with Crippen molar-refractivity contribution in [3.8, 4) is 0 Å². The van der Waals surface area contributed by atoms with Gasteiger partial charge in [-0.2, -0.15) is 0 Å². The highest BCUT2D eigenvalue weighted by Crippen LogP contribution is 2.32. The lowest BCUT2D eigenvalue weighted by molar-refractivity contribution is -0.122. The van der Waals surface area contributed by atoms with E-state index in [9.17, 15) is 9.59 Å². The van der Waals surface area contributed by atoms with Crippen molar-refractivity contribution >= 4 is 17.5 Å². The maximum Gasteiger partial charge on any atom is 0.256 e. The van der Waals surface area contributed by atoms with Crippen LogP contribution in [0.5, 0.6) is 0 Å². The van der Waals surface area contributed by atoms with Crippen molar-refractivity contribution in [3.05, 3.63) is 29.8 Å². The number of carbonyl (C=O) groups excluding carboxylic acids is 2. The summed E-state index contributed by atoms with van der Waals surface area (Å²) in [5.74, 6) is 0.111. The summed E-state index contributed by atoms with van der Waals surface area (Å²) in [6.45, 7) is 4.51. The Morgan fingerprint density at radius 3 is 2.57 bits per heavy atom. The smallest absolute Gasteiger partial charge is 0.256 e. The second kappa shape index (κ2) is 5.96. The van der Waals surface area contributed by atoms with Gasteiger partial charge in [-0.3, -0.25) is 9.59 Å². The number of hydrogen-bond donors (Lipinski definition) is 0. The Hall–Kier alpha value is -1.88. The molecule has 122 valence electrons. The third-order valence-corrected chi connectivity index (χ3v) is 5.33. The van der Waals surface area contributed by atoms with Crippen LogP contribution in [0.25, 0.3) is 0 Å². The average Bonchev–Trinajstić information content (AvgIpc) is 3.24. The SMILES string of the molecule is O=C1[C@@H]2CCCN2C(=O)c2ccccc2N1CCN1CCCC1. The van der Waals surface area contributed by atoms with Crippen LogP contribution in [-0.4, -0.2) is 60.4 Å². The van der Waals surface area contributed by atoms with Gasteiger partial charge in [0, 0.05) is 19.6 Å². The van der Waals surface area contributed by atoms with Gasteiger partial charge >= 0.3 is 0 Å². The maximum atomic E-state index is 13.1. The molecule has 0 unspecified atom stereocenters. The normalized spacial score (nSPS) is 24.8. The summed E-state index contributed by atoms with van der Waals surface area (Å²) < 4.78 is 0. The van der Waals surface area contributed by atoms with E-state index in [-0.39, 0.29) is 17.9 Å². The molecule has 0 aromatic heterocycles. The highest BCUT2D eigenvalue weighted by atomic mass is 16.2. The molecule has 0 spiro atoms. The van der Waals surface area contributed by atoms with Crippen LogP contribution < -0.4 is 4.90 Å². The highest BCUT2D eigenvalue weighted by molar-refractivity contribution is 6.11. The minimum Gasteiger partial charge on any atom is -0.327 e. The van der Waals surface area contributed by atoms with Crippen molar-refractivity contribution in [2.75, 3.05) is 37.6 Å². The van der Waals surface area contributed by atoms with Crippen molar-refractivity contribution < 1.29 is 9.59 Å². The molecule has 3 aliphatic rings. The lowest BCUT2D eigenvalue weighted by Gasteiger charge is -2.27. The molecule has 2 amide bonds. The number of nitrogens with zero attached hydrogens (tertiary/aromatic N) is 3. The molecule has 0 radical (unpaired) electrons. The maximum absolute atomic E-state index is 13.1. The lowest BCUT2D eigenvalue weighted by atomic mass is 10.1. The van der Waals surface area contributed by atoms with E-state index < -0.39 is 0 Å². The van der Waals surface area contributed by atoms with Gasteiger partial charge in [-0.05, 0) is 50.9 Å². The van der Waals surface area contributed by atoms with E-state index in [1.165, 1.54) is 12.8 Å². The van der Waals surface area contributed by atoms with Crippen molar-refractivity contribution in [1.82, 2.24) is 9.80 Å². The molecule has 3 heterocycles. The first-order valence-electron chi connectivity index (χ1n) is 8.69. The Kier molecular flexibility index (Phi) is 3.81. The number of carbonyl (C=O) groups is 2. The van der Waals surface area contributed by atoms with Gasteiger partial charge in [-0.15, -0.1) is 0 Å². The molecule has 1 atom stereocenters. The molecule has 5 nitrogen and oxygen atoms in total. The highest BCUT2D eigenvalue weighted by Gasteiger charge is 2.41. The molecule has 0 saturated carbocycles. The minimum atomic E-state index is -0.270. The molecule has 1 aromatic carbocycles. The van der Waals surface area contributed by atoms with Gasteiger partial charge in [0.2, 0.25) is 5.91 Å². The summed E-state index contributed by atoms with van der Waals surface area (Å²) in [7, 11) is 0. The first-order chi connectivity index (χ1) is 11.3. The van der Waals surface area contributed by atoms with Gasteiger partial charge in [0.15, 0.2) is 0 Å². The number of rotatable bonds is 3. The number of anilines is 1. The summed E-state index contributed by atoms with van der Waals surface area (Å²) in [4.78, 5) is 31.9. The van der Waals surface area contributed by atoms with Crippen LogP contribution in [0.4, 0.5) is 5.69 Å². The Bertz CT molecular complexity index is 624. The zero-order valence-corrected chi connectivity index (χ0v) is 13.4. The second-order valence-electron chi connectivity index (χ2n) is 6.71. The monoisotopic (exact) mass is 313 g/mol. The van der Waals surface area contributed by atoms with Crippen LogP contribution in [0.3, 0.4) is 0 Å². The Morgan fingerprint density at radius 2 is 1.74 bits per heavy atom. The van der Waals surface area contributed by atoms with Crippen molar-refractivity contribution in [3.63, 3.8) is 0 Å². The number of para-hydroxylation sites is 1. The zero-order chi connectivity index (χ0) is 15.8. The van der Waals surface area contributed by atoms with E-state index in [2.05, 4.69) is 4.90 Å². The summed E-state index contributed by atoms with van der Waals surface area (Å²) >= 11 is 0. The van der Waals surface area contributed by atoms with Crippen molar-refractivity contribution in [2.45, 2.75) is 31.7 Å². The van der Waals surface area contributed by atoms with Gasteiger partial charge in [-0.1, -0.05) is 12.1 Å². The predicted octanol–water partition coefficient (Wildman–Crippen LogP) is 1.73. The molecule has 0 bridgehead atoms. The molecule has 3 aliphatic heterocycles. The quantitative estimate of drug-likeness (QED) is 0.854. The molecule has 2 fully saturated rings. The van der Waals surface area contributed by atoms with Crippen molar-refractivity contribution in [2.24, 2.45) is 0 Å². The first kappa shape index (κ1) is 14.7. The molecule has 1 aromatic rings. The van der Waals surface area contributed by atoms with Gasteiger partial charge in [0.1, 0.15) is 6.04 Å². The van der Waals surface area contributed by atoms with Crippen LogP contribution >= 0.6 is 0 Å². The fraction of sp³-hybridized carbons (Fsp3) is 0.556. The molecule has 0 N–H and O–H groups in total. The molecule has 2 saturated heterocycles. The van der Waals surface area contributed by atoms with Gasteiger partial charge in [0.05, 0.1) is 11.3 Å². The number of fused-ring (bicyclic) bond motifs is 2. The third-order valence-electron chi connectivity index (χ3n) is 5.33. The summed E-state index contributed by atoms with van der Waals surface area (Å²) in [5.41, 5.74) is 1.46. The standard InChI is InChI=1S/C18H23N3O2/c22-17-14-6-1-2-7-15(14)21(13-12-19-9-3-4-10-19)18(23)16-8-5-11-20(16)17/h1-2,6-7,16H,3-5,8-13H2/t16-/m0/s1. The van der Waals surface area contributed by atoms with E-state index in [1.807, 2.05) is 29.2 Å². The third kappa shape index (κ3) is 2.53. The number of amides is 2. The average molecular weight is 313 g/mol. The Labute approximate surface area is 136 Å². The van der Waals surface area contributed by atoms with E-state index in [0.29, 0.717) is 18.7 Å². The van der Waals surface area contributed by atoms with Gasteiger partial charge in [0.25, 0.3) is 5.91 Å². The summed E-state index contributed by atoms with van der Waals surface area (Å²) in [5, 5.41) is 0. The topological polar surface area (TPSA) is 43.9 Å². The number of benzene rings is 1. The molecule has 23 heavy (non-hydrogen) atoms. The second-order valence-corrected chi connectivity index (χ2v) is 6.71. The molecular weight excluding hydrogens is 290 g/mol.